The summed E-state index contributed by atoms with van der Waals surface area (Å²) in [7, 11) is -0.445. The van der Waals surface area contributed by atoms with E-state index in [1.807, 2.05) is 39.8 Å². The SMILES string of the molecule is C=C(B1OC(C)(C)C(C)(C)O1)c1ccc(O)cc1. The van der Waals surface area contributed by atoms with E-state index in [1.165, 1.54) is 0 Å². The summed E-state index contributed by atoms with van der Waals surface area (Å²) in [6.45, 7) is 12.1. The molecule has 1 N–H and O–H groups in total. The van der Waals surface area contributed by atoms with Crippen LogP contribution in [0.15, 0.2) is 30.8 Å². The highest BCUT2D eigenvalue weighted by atomic mass is 16.7. The number of rotatable bonds is 2. The zero-order valence-corrected chi connectivity index (χ0v) is 11.4. The summed E-state index contributed by atoms with van der Waals surface area (Å²) in [5.74, 6) is 0.237. The van der Waals surface area contributed by atoms with Crippen LogP contribution in [0.2, 0.25) is 0 Å². The first-order chi connectivity index (χ1) is 8.23. The van der Waals surface area contributed by atoms with Gasteiger partial charge in [-0.05, 0) is 50.9 Å². The van der Waals surface area contributed by atoms with Crippen molar-refractivity contribution in [2.45, 2.75) is 38.9 Å². The second-order valence-corrected chi connectivity index (χ2v) is 5.66. The molecular formula is C14H19BO3. The number of hydrogen-bond acceptors (Lipinski definition) is 3. The molecule has 2 rings (SSSR count). The highest BCUT2D eigenvalue weighted by molar-refractivity contribution is 6.68. The van der Waals surface area contributed by atoms with Crippen molar-refractivity contribution in [3.8, 4) is 5.75 Å². The summed E-state index contributed by atoms with van der Waals surface area (Å²) in [5.41, 5.74) is 0.953. The van der Waals surface area contributed by atoms with Crippen molar-refractivity contribution in [3.63, 3.8) is 0 Å². The number of benzene rings is 1. The Kier molecular flexibility index (Phi) is 3.03. The smallest absolute Gasteiger partial charge is 0.494 e. The van der Waals surface area contributed by atoms with Crippen LogP contribution < -0.4 is 0 Å². The third kappa shape index (κ3) is 2.18. The van der Waals surface area contributed by atoms with Gasteiger partial charge in [0.1, 0.15) is 5.75 Å². The van der Waals surface area contributed by atoms with E-state index in [2.05, 4.69) is 6.58 Å². The Morgan fingerprint density at radius 3 is 1.94 bits per heavy atom. The summed E-state index contributed by atoms with van der Waals surface area (Å²) in [5, 5.41) is 9.28. The molecule has 0 aliphatic carbocycles. The largest absolute Gasteiger partial charge is 0.508 e. The Morgan fingerprint density at radius 1 is 1.06 bits per heavy atom. The monoisotopic (exact) mass is 246 g/mol. The predicted octanol–water partition coefficient (Wildman–Crippen LogP) is 3.04. The van der Waals surface area contributed by atoms with Gasteiger partial charge in [0, 0.05) is 0 Å². The van der Waals surface area contributed by atoms with E-state index in [0.29, 0.717) is 0 Å². The van der Waals surface area contributed by atoms with Gasteiger partial charge in [-0.15, -0.1) is 0 Å². The van der Waals surface area contributed by atoms with Crippen molar-refractivity contribution >= 4 is 12.6 Å². The molecule has 96 valence electrons. The lowest BCUT2D eigenvalue weighted by Gasteiger charge is -2.32. The standard InChI is InChI=1S/C14H19BO3/c1-10(11-6-8-12(16)9-7-11)15-17-13(2,3)14(4,5)18-15/h6-9,16H,1H2,2-5H3. The maximum Gasteiger partial charge on any atom is 0.494 e. The third-order valence-corrected chi connectivity index (χ3v) is 3.78. The predicted molar refractivity (Wildman–Crippen MR) is 73.2 cm³/mol. The van der Waals surface area contributed by atoms with Crippen molar-refractivity contribution in [2.75, 3.05) is 0 Å². The Balaban J connectivity index is 2.20. The quantitative estimate of drug-likeness (QED) is 0.815. The van der Waals surface area contributed by atoms with Gasteiger partial charge in [-0.2, -0.15) is 0 Å². The maximum atomic E-state index is 9.28. The van der Waals surface area contributed by atoms with E-state index in [1.54, 1.807) is 12.1 Å². The number of phenols is 1. The molecule has 0 amide bonds. The lowest BCUT2D eigenvalue weighted by molar-refractivity contribution is 0.00578. The van der Waals surface area contributed by atoms with E-state index < -0.39 is 7.12 Å². The average Bonchev–Trinajstić information content (AvgIpc) is 2.48. The normalized spacial score (nSPS) is 21.0. The zero-order chi connectivity index (χ0) is 13.6. The fraction of sp³-hybridized carbons (Fsp3) is 0.429. The Labute approximate surface area is 109 Å². The minimum Gasteiger partial charge on any atom is -0.508 e. The van der Waals surface area contributed by atoms with E-state index in [0.717, 1.165) is 11.0 Å². The molecule has 4 heteroatoms. The summed E-state index contributed by atoms with van der Waals surface area (Å²) in [6.07, 6.45) is 0. The van der Waals surface area contributed by atoms with E-state index >= 15 is 0 Å². The summed E-state index contributed by atoms with van der Waals surface area (Å²) in [4.78, 5) is 0. The highest BCUT2D eigenvalue weighted by Gasteiger charge is 2.52. The molecular weight excluding hydrogens is 227 g/mol. The van der Waals surface area contributed by atoms with Gasteiger partial charge in [-0.25, -0.2) is 0 Å². The number of phenolic OH excluding ortho intramolecular Hbond substituents is 1. The van der Waals surface area contributed by atoms with Crippen LogP contribution >= 0.6 is 0 Å². The topological polar surface area (TPSA) is 38.7 Å². The van der Waals surface area contributed by atoms with Crippen molar-refractivity contribution < 1.29 is 14.4 Å². The van der Waals surface area contributed by atoms with Gasteiger partial charge in [-0.3, -0.25) is 0 Å². The van der Waals surface area contributed by atoms with Crippen LogP contribution in [0.5, 0.6) is 5.75 Å². The molecule has 0 saturated carbocycles. The fourth-order valence-electron chi connectivity index (χ4n) is 1.80. The molecule has 1 fully saturated rings. The van der Waals surface area contributed by atoms with Gasteiger partial charge in [0.05, 0.1) is 11.2 Å². The molecule has 0 radical (unpaired) electrons. The molecule has 1 aliphatic heterocycles. The van der Waals surface area contributed by atoms with Crippen LogP contribution in [0, 0.1) is 0 Å². The lowest BCUT2D eigenvalue weighted by atomic mass is 9.75. The van der Waals surface area contributed by atoms with E-state index in [9.17, 15) is 5.11 Å². The zero-order valence-electron chi connectivity index (χ0n) is 11.4. The van der Waals surface area contributed by atoms with Crippen LogP contribution in [0.3, 0.4) is 0 Å². The molecule has 1 heterocycles. The minimum absolute atomic E-state index is 0.237. The Hall–Kier alpha value is -1.26. The molecule has 18 heavy (non-hydrogen) atoms. The van der Waals surface area contributed by atoms with Crippen molar-refractivity contribution in [1.82, 2.24) is 0 Å². The second kappa shape index (κ2) is 4.14. The van der Waals surface area contributed by atoms with Crippen molar-refractivity contribution in [1.29, 1.82) is 0 Å². The van der Waals surface area contributed by atoms with Gasteiger partial charge >= 0.3 is 7.12 Å². The van der Waals surface area contributed by atoms with Gasteiger partial charge < -0.3 is 14.4 Å². The van der Waals surface area contributed by atoms with Crippen LogP contribution in [0.25, 0.3) is 5.47 Å². The van der Waals surface area contributed by atoms with E-state index in [4.69, 9.17) is 9.31 Å². The number of aromatic hydroxyl groups is 1. The molecule has 0 spiro atoms. The van der Waals surface area contributed by atoms with Gasteiger partial charge in [0.25, 0.3) is 0 Å². The van der Waals surface area contributed by atoms with Gasteiger partial charge in [0.2, 0.25) is 0 Å². The molecule has 1 aliphatic rings. The molecule has 0 bridgehead atoms. The molecule has 0 atom stereocenters. The van der Waals surface area contributed by atoms with Crippen molar-refractivity contribution in [2.24, 2.45) is 0 Å². The van der Waals surface area contributed by atoms with Gasteiger partial charge in [-0.1, -0.05) is 18.7 Å². The Morgan fingerprint density at radius 2 is 1.50 bits per heavy atom. The van der Waals surface area contributed by atoms with Crippen molar-refractivity contribution in [3.05, 3.63) is 36.4 Å². The van der Waals surface area contributed by atoms with Crippen LogP contribution in [0.1, 0.15) is 33.3 Å². The molecule has 0 aromatic heterocycles. The van der Waals surface area contributed by atoms with Crippen LogP contribution in [0.4, 0.5) is 0 Å². The summed E-state index contributed by atoms with van der Waals surface area (Å²) < 4.78 is 11.9. The van der Waals surface area contributed by atoms with Gasteiger partial charge in [0.15, 0.2) is 0 Å². The first-order valence-corrected chi connectivity index (χ1v) is 6.07. The molecule has 0 unspecified atom stereocenters. The Bertz CT molecular complexity index is 446. The maximum absolute atomic E-state index is 9.28. The molecule has 1 aromatic rings. The van der Waals surface area contributed by atoms with E-state index in [-0.39, 0.29) is 17.0 Å². The second-order valence-electron chi connectivity index (χ2n) is 5.66. The molecule has 1 aromatic carbocycles. The number of hydrogen-bond donors (Lipinski definition) is 1. The first kappa shape index (κ1) is 13.2. The molecule has 3 nitrogen and oxygen atoms in total. The third-order valence-electron chi connectivity index (χ3n) is 3.78. The highest BCUT2D eigenvalue weighted by Crippen LogP contribution is 2.40. The molecule has 1 saturated heterocycles. The van der Waals surface area contributed by atoms with Crippen LogP contribution in [-0.2, 0) is 9.31 Å². The summed E-state index contributed by atoms with van der Waals surface area (Å²) in [6, 6.07) is 6.88. The summed E-state index contributed by atoms with van der Waals surface area (Å²) >= 11 is 0. The minimum atomic E-state index is -0.445. The lowest BCUT2D eigenvalue weighted by Crippen LogP contribution is -2.41. The fourth-order valence-corrected chi connectivity index (χ4v) is 1.80. The van der Waals surface area contributed by atoms with Crippen LogP contribution in [-0.4, -0.2) is 23.4 Å². The first-order valence-electron chi connectivity index (χ1n) is 6.07. The average molecular weight is 246 g/mol.